The van der Waals surface area contributed by atoms with Crippen LogP contribution >= 0.6 is 34.2 Å². The Hall–Kier alpha value is -1.40. The van der Waals surface area contributed by atoms with Gasteiger partial charge >= 0.3 is 0 Å². The molecule has 3 nitrogen and oxygen atoms in total. The first-order chi connectivity index (χ1) is 9.59. The topological polar surface area (TPSA) is 34.9 Å². The van der Waals surface area contributed by atoms with Gasteiger partial charge in [0, 0.05) is 5.39 Å². The molecule has 100 valence electrons. The monoisotopic (exact) mass is 396 g/mol. The van der Waals surface area contributed by atoms with Gasteiger partial charge in [-0.3, -0.25) is 4.79 Å². The zero-order chi connectivity index (χ0) is 14.3. The summed E-state index contributed by atoms with van der Waals surface area (Å²) >= 11 is 8.30. The zero-order valence-electron chi connectivity index (χ0n) is 10.6. The Kier molecular flexibility index (Phi) is 3.52. The number of para-hydroxylation sites is 1. The number of carbonyl (C=O) groups is 1. The van der Waals surface area contributed by atoms with E-state index in [0.717, 1.165) is 20.2 Å². The highest BCUT2D eigenvalue weighted by Crippen LogP contribution is 2.24. The molecule has 1 heterocycles. The predicted octanol–water partition coefficient (Wildman–Crippen LogP) is 4.29. The number of carbonyl (C=O) groups excluding carboxylic acids is 1. The van der Waals surface area contributed by atoms with E-state index in [-0.39, 0.29) is 5.91 Å². The minimum Gasteiger partial charge on any atom is -0.267 e. The van der Waals surface area contributed by atoms with Crippen LogP contribution in [0, 0.1) is 10.6 Å². The lowest BCUT2D eigenvalue weighted by molar-refractivity contribution is 0.0949. The maximum absolute atomic E-state index is 12.7. The average molecular weight is 397 g/mol. The average Bonchev–Trinajstić information content (AvgIpc) is 2.76. The summed E-state index contributed by atoms with van der Waals surface area (Å²) in [6, 6.07) is 13.1. The Balaban J connectivity index is 2.24. The number of fused-ring (bicyclic) bond motifs is 1. The van der Waals surface area contributed by atoms with Gasteiger partial charge in [0.2, 0.25) is 0 Å². The molecule has 0 spiro atoms. The molecule has 2 aromatic carbocycles. The number of aromatic nitrogens is 2. The minimum atomic E-state index is -0.202. The summed E-state index contributed by atoms with van der Waals surface area (Å²) in [7, 11) is 0. The van der Waals surface area contributed by atoms with Crippen LogP contribution in [0.15, 0.2) is 42.5 Å². The van der Waals surface area contributed by atoms with Crippen molar-refractivity contribution in [2.45, 2.75) is 6.92 Å². The van der Waals surface area contributed by atoms with E-state index in [1.165, 1.54) is 4.68 Å². The molecule has 3 rings (SSSR count). The molecule has 3 aromatic rings. The largest absolute Gasteiger partial charge is 0.280 e. The minimum absolute atomic E-state index is 0.202. The molecule has 0 amide bonds. The first kappa shape index (κ1) is 13.6. The zero-order valence-corrected chi connectivity index (χ0v) is 13.5. The number of hydrogen-bond donors (Lipinski definition) is 0. The molecule has 0 fully saturated rings. The van der Waals surface area contributed by atoms with Gasteiger partial charge in [-0.15, -0.1) is 0 Å². The number of hydrogen-bond acceptors (Lipinski definition) is 2. The summed E-state index contributed by atoms with van der Waals surface area (Å²) < 4.78 is 2.22. The van der Waals surface area contributed by atoms with Crippen LogP contribution in [0.4, 0.5) is 0 Å². The maximum Gasteiger partial charge on any atom is 0.280 e. The van der Waals surface area contributed by atoms with Crippen LogP contribution in [0.2, 0.25) is 5.02 Å². The molecule has 0 radical (unpaired) electrons. The fourth-order valence-corrected chi connectivity index (χ4v) is 3.17. The third-order valence-electron chi connectivity index (χ3n) is 3.17. The van der Waals surface area contributed by atoms with Gasteiger partial charge in [-0.1, -0.05) is 41.9 Å². The quantitative estimate of drug-likeness (QED) is 0.575. The molecule has 0 aliphatic heterocycles. The van der Waals surface area contributed by atoms with Crippen LogP contribution in [-0.4, -0.2) is 15.7 Å². The number of rotatable bonds is 1. The summed E-state index contributed by atoms with van der Waals surface area (Å²) in [5.41, 5.74) is 2.14. The highest BCUT2D eigenvalue weighted by molar-refractivity contribution is 14.1. The molecule has 20 heavy (non-hydrogen) atoms. The van der Waals surface area contributed by atoms with Gasteiger partial charge in [0.25, 0.3) is 5.91 Å². The van der Waals surface area contributed by atoms with Gasteiger partial charge in [0.1, 0.15) is 3.70 Å². The van der Waals surface area contributed by atoms with Crippen molar-refractivity contribution in [3.05, 3.63) is 62.3 Å². The lowest BCUT2D eigenvalue weighted by Gasteiger charge is -2.07. The van der Waals surface area contributed by atoms with E-state index in [4.69, 9.17) is 11.6 Å². The molecule has 5 heteroatoms. The van der Waals surface area contributed by atoms with Crippen molar-refractivity contribution in [1.29, 1.82) is 0 Å². The predicted molar refractivity (Wildman–Crippen MR) is 88.4 cm³/mol. The number of aryl methyl sites for hydroxylation is 1. The Bertz CT molecular complexity index is 806. The first-order valence-electron chi connectivity index (χ1n) is 6.02. The van der Waals surface area contributed by atoms with Crippen molar-refractivity contribution in [3.8, 4) is 0 Å². The first-order valence-corrected chi connectivity index (χ1v) is 7.48. The molecular formula is C15H10ClIN2O. The smallest absolute Gasteiger partial charge is 0.267 e. The molecule has 0 saturated carbocycles. The van der Waals surface area contributed by atoms with E-state index in [2.05, 4.69) is 27.7 Å². The van der Waals surface area contributed by atoms with Crippen LogP contribution in [-0.2, 0) is 0 Å². The summed E-state index contributed by atoms with van der Waals surface area (Å²) in [5.74, 6) is -0.202. The lowest BCUT2D eigenvalue weighted by Crippen LogP contribution is -2.15. The SMILES string of the molecule is Cc1cccc(Cl)c1C(=O)n1nc(I)c2ccccc21. The van der Waals surface area contributed by atoms with Gasteiger partial charge in [-0.2, -0.15) is 9.78 Å². The Morgan fingerprint density at radius 2 is 1.95 bits per heavy atom. The van der Waals surface area contributed by atoms with Crippen molar-refractivity contribution in [1.82, 2.24) is 9.78 Å². The van der Waals surface area contributed by atoms with E-state index in [0.29, 0.717) is 10.6 Å². The van der Waals surface area contributed by atoms with Crippen molar-refractivity contribution < 1.29 is 4.79 Å². The van der Waals surface area contributed by atoms with E-state index < -0.39 is 0 Å². The van der Waals surface area contributed by atoms with E-state index in [9.17, 15) is 4.79 Å². The summed E-state index contributed by atoms with van der Waals surface area (Å²) in [4.78, 5) is 12.7. The highest BCUT2D eigenvalue weighted by Gasteiger charge is 2.19. The van der Waals surface area contributed by atoms with Crippen LogP contribution < -0.4 is 0 Å². The molecule has 0 aliphatic rings. The van der Waals surface area contributed by atoms with Crippen LogP contribution in [0.5, 0.6) is 0 Å². The Morgan fingerprint density at radius 3 is 2.70 bits per heavy atom. The van der Waals surface area contributed by atoms with E-state index >= 15 is 0 Å². The molecule has 0 unspecified atom stereocenters. The van der Waals surface area contributed by atoms with Gasteiger partial charge in [-0.25, -0.2) is 0 Å². The van der Waals surface area contributed by atoms with Crippen molar-refractivity contribution in [2.75, 3.05) is 0 Å². The van der Waals surface area contributed by atoms with Crippen LogP contribution in [0.3, 0.4) is 0 Å². The number of nitrogens with zero attached hydrogens (tertiary/aromatic N) is 2. The summed E-state index contributed by atoms with van der Waals surface area (Å²) in [5, 5.41) is 5.76. The Morgan fingerprint density at radius 1 is 1.20 bits per heavy atom. The highest BCUT2D eigenvalue weighted by atomic mass is 127. The lowest BCUT2D eigenvalue weighted by atomic mass is 10.1. The van der Waals surface area contributed by atoms with E-state index in [1.807, 2.05) is 43.3 Å². The van der Waals surface area contributed by atoms with E-state index in [1.54, 1.807) is 6.07 Å². The summed E-state index contributed by atoms with van der Waals surface area (Å²) in [6.45, 7) is 1.87. The normalized spacial score (nSPS) is 10.9. The van der Waals surface area contributed by atoms with Gasteiger partial charge in [-0.05, 0) is 47.2 Å². The Labute approximate surface area is 134 Å². The standard InChI is InChI=1S/C15H10ClIN2O/c1-9-5-4-7-11(16)13(9)15(20)19-12-8-3-2-6-10(12)14(17)18-19/h2-8H,1H3. The van der Waals surface area contributed by atoms with Gasteiger partial charge < -0.3 is 0 Å². The third-order valence-corrected chi connectivity index (χ3v) is 4.28. The van der Waals surface area contributed by atoms with Gasteiger partial charge in [0.15, 0.2) is 0 Å². The van der Waals surface area contributed by atoms with Crippen molar-refractivity contribution in [2.24, 2.45) is 0 Å². The van der Waals surface area contributed by atoms with Crippen molar-refractivity contribution >= 4 is 51.0 Å². The fourth-order valence-electron chi connectivity index (χ4n) is 2.19. The molecule has 0 saturated heterocycles. The molecule has 0 bridgehead atoms. The van der Waals surface area contributed by atoms with Gasteiger partial charge in [0.05, 0.1) is 16.1 Å². The second kappa shape index (κ2) is 5.18. The van der Waals surface area contributed by atoms with Crippen LogP contribution in [0.25, 0.3) is 10.9 Å². The van der Waals surface area contributed by atoms with Crippen molar-refractivity contribution in [3.63, 3.8) is 0 Å². The number of halogens is 2. The number of benzene rings is 2. The van der Waals surface area contributed by atoms with Crippen LogP contribution in [0.1, 0.15) is 15.9 Å². The molecule has 0 atom stereocenters. The second-order valence-corrected chi connectivity index (χ2v) is 5.89. The third kappa shape index (κ3) is 2.13. The maximum atomic E-state index is 12.7. The fraction of sp³-hybridized carbons (Fsp3) is 0.0667. The molecule has 1 aromatic heterocycles. The molecule has 0 N–H and O–H groups in total. The second-order valence-electron chi connectivity index (χ2n) is 4.46. The molecule has 0 aliphatic carbocycles. The molecular weight excluding hydrogens is 387 g/mol. The summed E-state index contributed by atoms with van der Waals surface area (Å²) in [6.07, 6.45) is 0.